The molecule has 1 heterocycles. The van der Waals surface area contributed by atoms with Crippen LogP contribution >= 0.6 is 0 Å². The number of benzene rings is 1. The lowest BCUT2D eigenvalue weighted by molar-refractivity contribution is 0.369. The SMILES string of the molecule is CCCC1CN(c2ccc(F)cc2)C(CC)CN1. The molecule has 0 saturated carbocycles. The first-order valence-corrected chi connectivity index (χ1v) is 7.00. The number of rotatable bonds is 4. The fourth-order valence-electron chi connectivity index (χ4n) is 2.72. The van der Waals surface area contributed by atoms with E-state index in [1.54, 1.807) is 12.1 Å². The van der Waals surface area contributed by atoms with Gasteiger partial charge < -0.3 is 10.2 Å². The molecule has 0 spiro atoms. The molecule has 2 rings (SSSR count). The Labute approximate surface area is 109 Å². The number of halogens is 1. The second kappa shape index (κ2) is 6.19. The van der Waals surface area contributed by atoms with E-state index in [1.165, 1.54) is 12.8 Å². The zero-order valence-electron chi connectivity index (χ0n) is 11.3. The summed E-state index contributed by atoms with van der Waals surface area (Å²) in [5, 5.41) is 3.62. The van der Waals surface area contributed by atoms with Gasteiger partial charge in [-0.1, -0.05) is 20.3 Å². The van der Waals surface area contributed by atoms with Gasteiger partial charge in [0, 0.05) is 30.9 Å². The van der Waals surface area contributed by atoms with E-state index in [0.29, 0.717) is 12.1 Å². The molecule has 18 heavy (non-hydrogen) atoms. The van der Waals surface area contributed by atoms with Gasteiger partial charge in [-0.25, -0.2) is 4.39 Å². The van der Waals surface area contributed by atoms with E-state index >= 15 is 0 Å². The monoisotopic (exact) mass is 250 g/mol. The van der Waals surface area contributed by atoms with Crippen molar-refractivity contribution in [1.82, 2.24) is 5.32 Å². The minimum absolute atomic E-state index is 0.160. The Morgan fingerprint density at radius 3 is 2.61 bits per heavy atom. The van der Waals surface area contributed by atoms with Crippen molar-refractivity contribution in [1.29, 1.82) is 0 Å². The molecule has 1 N–H and O–H groups in total. The van der Waals surface area contributed by atoms with E-state index in [1.807, 2.05) is 12.1 Å². The van der Waals surface area contributed by atoms with E-state index in [0.717, 1.165) is 25.2 Å². The molecule has 0 bridgehead atoms. The minimum atomic E-state index is -0.160. The van der Waals surface area contributed by atoms with Crippen molar-refractivity contribution in [2.45, 2.75) is 45.2 Å². The summed E-state index contributed by atoms with van der Waals surface area (Å²) in [4.78, 5) is 2.43. The summed E-state index contributed by atoms with van der Waals surface area (Å²) in [7, 11) is 0. The Bertz CT molecular complexity index is 363. The average molecular weight is 250 g/mol. The Morgan fingerprint density at radius 1 is 1.28 bits per heavy atom. The van der Waals surface area contributed by atoms with Crippen molar-refractivity contribution >= 4 is 5.69 Å². The fraction of sp³-hybridized carbons (Fsp3) is 0.600. The van der Waals surface area contributed by atoms with E-state index in [9.17, 15) is 4.39 Å². The van der Waals surface area contributed by atoms with Crippen LogP contribution in [0.2, 0.25) is 0 Å². The van der Waals surface area contributed by atoms with Crippen LogP contribution in [0.3, 0.4) is 0 Å². The van der Waals surface area contributed by atoms with Crippen molar-refractivity contribution < 1.29 is 4.39 Å². The Hall–Kier alpha value is -1.09. The Morgan fingerprint density at radius 2 is 2.00 bits per heavy atom. The lowest BCUT2D eigenvalue weighted by atomic mass is 10.0. The molecule has 2 nitrogen and oxygen atoms in total. The first kappa shape index (κ1) is 13.3. The zero-order chi connectivity index (χ0) is 13.0. The number of hydrogen-bond donors (Lipinski definition) is 1. The maximum atomic E-state index is 13.0. The third kappa shape index (κ3) is 3.02. The van der Waals surface area contributed by atoms with Crippen molar-refractivity contribution in [3.8, 4) is 0 Å². The first-order valence-electron chi connectivity index (χ1n) is 7.00. The normalized spacial score (nSPS) is 24.3. The third-order valence-electron chi connectivity index (χ3n) is 3.77. The molecule has 0 radical (unpaired) electrons. The molecule has 1 saturated heterocycles. The second-order valence-corrected chi connectivity index (χ2v) is 5.08. The summed E-state index contributed by atoms with van der Waals surface area (Å²) in [6, 6.07) is 7.97. The Balaban J connectivity index is 2.12. The summed E-state index contributed by atoms with van der Waals surface area (Å²) in [6.07, 6.45) is 3.52. The van der Waals surface area contributed by atoms with Crippen LogP contribution in [0.15, 0.2) is 24.3 Å². The number of anilines is 1. The highest BCUT2D eigenvalue weighted by Gasteiger charge is 2.26. The predicted molar refractivity (Wildman–Crippen MR) is 74.5 cm³/mol. The summed E-state index contributed by atoms with van der Waals surface area (Å²) >= 11 is 0. The highest BCUT2D eigenvalue weighted by atomic mass is 19.1. The number of hydrogen-bond acceptors (Lipinski definition) is 2. The molecule has 100 valence electrons. The van der Waals surface area contributed by atoms with Crippen LogP contribution in [-0.2, 0) is 0 Å². The van der Waals surface area contributed by atoms with E-state index in [4.69, 9.17) is 0 Å². The largest absolute Gasteiger partial charge is 0.366 e. The van der Waals surface area contributed by atoms with Crippen LogP contribution in [0.4, 0.5) is 10.1 Å². The van der Waals surface area contributed by atoms with E-state index in [-0.39, 0.29) is 5.82 Å². The quantitative estimate of drug-likeness (QED) is 0.883. The van der Waals surface area contributed by atoms with Gasteiger partial charge in [-0.05, 0) is 37.1 Å². The third-order valence-corrected chi connectivity index (χ3v) is 3.77. The molecule has 2 unspecified atom stereocenters. The zero-order valence-corrected chi connectivity index (χ0v) is 11.3. The van der Waals surface area contributed by atoms with Gasteiger partial charge in [-0.2, -0.15) is 0 Å². The molecule has 2 atom stereocenters. The van der Waals surface area contributed by atoms with Gasteiger partial charge in [0.1, 0.15) is 5.82 Å². The highest BCUT2D eigenvalue weighted by molar-refractivity contribution is 5.48. The van der Waals surface area contributed by atoms with Crippen molar-refractivity contribution in [2.24, 2.45) is 0 Å². The van der Waals surface area contributed by atoms with Gasteiger partial charge in [0.25, 0.3) is 0 Å². The summed E-state index contributed by atoms with van der Waals surface area (Å²) in [6.45, 7) is 6.48. The fourth-order valence-corrected chi connectivity index (χ4v) is 2.72. The van der Waals surface area contributed by atoms with E-state index < -0.39 is 0 Å². The molecular weight excluding hydrogens is 227 g/mol. The van der Waals surface area contributed by atoms with Crippen LogP contribution in [0.5, 0.6) is 0 Å². The lowest BCUT2D eigenvalue weighted by Gasteiger charge is -2.41. The first-order chi connectivity index (χ1) is 8.74. The molecule has 0 amide bonds. The summed E-state index contributed by atoms with van der Waals surface area (Å²) < 4.78 is 13.0. The lowest BCUT2D eigenvalue weighted by Crippen LogP contribution is -2.56. The van der Waals surface area contributed by atoms with Crippen LogP contribution in [-0.4, -0.2) is 25.2 Å². The van der Waals surface area contributed by atoms with Gasteiger partial charge in [0.2, 0.25) is 0 Å². The van der Waals surface area contributed by atoms with Crippen molar-refractivity contribution in [3.05, 3.63) is 30.1 Å². The van der Waals surface area contributed by atoms with Crippen molar-refractivity contribution in [3.63, 3.8) is 0 Å². The predicted octanol–water partition coefficient (Wildman–Crippen LogP) is 3.18. The summed E-state index contributed by atoms with van der Waals surface area (Å²) in [5.74, 6) is -0.160. The molecule has 1 fully saturated rings. The van der Waals surface area contributed by atoms with Crippen LogP contribution in [0.1, 0.15) is 33.1 Å². The molecular formula is C15H23FN2. The molecule has 1 aromatic carbocycles. The molecule has 3 heteroatoms. The standard InChI is InChI=1S/C15H23FN2/c1-3-5-13-11-18(14(4-2)10-17-13)15-8-6-12(16)7-9-15/h6-9,13-14,17H,3-5,10-11H2,1-2H3. The molecule has 0 aromatic heterocycles. The number of nitrogens with one attached hydrogen (secondary N) is 1. The van der Waals surface area contributed by atoms with Gasteiger partial charge >= 0.3 is 0 Å². The van der Waals surface area contributed by atoms with Crippen LogP contribution in [0, 0.1) is 5.82 Å². The minimum Gasteiger partial charge on any atom is -0.366 e. The molecule has 0 aliphatic carbocycles. The van der Waals surface area contributed by atoms with Gasteiger partial charge in [0.05, 0.1) is 0 Å². The summed E-state index contributed by atoms with van der Waals surface area (Å²) in [5.41, 5.74) is 1.14. The molecule has 1 aliphatic heterocycles. The topological polar surface area (TPSA) is 15.3 Å². The van der Waals surface area contributed by atoms with Crippen LogP contribution < -0.4 is 10.2 Å². The van der Waals surface area contributed by atoms with Gasteiger partial charge in [-0.3, -0.25) is 0 Å². The smallest absolute Gasteiger partial charge is 0.123 e. The second-order valence-electron chi connectivity index (χ2n) is 5.08. The van der Waals surface area contributed by atoms with E-state index in [2.05, 4.69) is 24.1 Å². The number of piperazine rings is 1. The molecule has 1 aliphatic rings. The maximum Gasteiger partial charge on any atom is 0.123 e. The average Bonchev–Trinajstić information content (AvgIpc) is 2.40. The van der Waals surface area contributed by atoms with Gasteiger partial charge in [-0.15, -0.1) is 0 Å². The van der Waals surface area contributed by atoms with Crippen LogP contribution in [0.25, 0.3) is 0 Å². The number of nitrogens with zero attached hydrogens (tertiary/aromatic N) is 1. The maximum absolute atomic E-state index is 13.0. The van der Waals surface area contributed by atoms with Gasteiger partial charge in [0.15, 0.2) is 0 Å². The highest BCUT2D eigenvalue weighted by Crippen LogP contribution is 2.22. The molecule has 1 aromatic rings. The van der Waals surface area contributed by atoms with Crippen molar-refractivity contribution in [2.75, 3.05) is 18.0 Å². The Kier molecular flexibility index (Phi) is 4.59.